The highest BCUT2D eigenvalue weighted by atomic mass is 19.3. The molecule has 1 heterocycles. The number of rotatable bonds is 4. The Morgan fingerprint density at radius 1 is 1.23 bits per heavy atom. The lowest BCUT2D eigenvalue weighted by Crippen LogP contribution is -2.16. The molecule has 0 fully saturated rings. The molecule has 1 aromatic carbocycles. The van der Waals surface area contributed by atoms with E-state index in [1.54, 1.807) is 0 Å². The Labute approximate surface area is 150 Å². The molecule has 4 nitrogen and oxygen atoms in total. The average Bonchev–Trinajstić information content (AvgIpc) is 3.26. The number of carbonyl (C=O) groups is 1. The normalized spacial score (nSPS) is 23.1. The third kappa shape index (κ3) is 2.47. The van der Waals surface area contributed by atoms with Crippen LogP contribution in [0.1, 0.15) is 59.3 Å². The van der Waals surface area contributed by atoms with Gasteiger partial charge in [-0.2, -0.15) is 5.10 Å². The second kappa shape index (κ2) is 6.04. The second-order valence-corrected chi connectivity index (χ2v) is 7.42. The number of hydrogen-bond donors (Lipinski definition) is 1. The Balaban J connectivity index is 1.68. The molecule has 0 saturated heterocycles. The van der Waals surface area contributed by atoms with E-state index >= 15 is 0 Å². The first-order valence-electron chi connectivity index (χ1n) is 8.82. The zero-order valence-electron chi connectivity index (χ0n) is 14.9. The van der Waals surface area contributed by atoms with Crippen molar-refractivity contribution in [3.63, 3.8) is 0 Å². The predicted octanol–water partition coefficient (Wildman–Crippen LogP) is 4.63. The van der Waals surface area contributed by atoms with Crippen LogP contribution in [0.4, 0.5) is 14.5 Å². The van der Waals surface area contributed by atoms with Crippen molar-refractivity contribution >= 4 is 11.6 Å². The Morgan fingerprint density at radius 2 is 1.96 bits per heavy atom. The van der Waals surface area contributed by atoms with Crippen LogP contribution in [-0.2, 0) is 7.05 Å². The van der Waals surface area contributed by atoms with Crippen molar-refractivity contribution in [1.29, 1.82) is 0 Å². The molecule has 2 aromatic rings. The fourth-order valence-electron chi connectivity index (χ4n) is 4.53. The number of carbonyl (C=O) groups excluding carboxylic acids is 1. The Hall–Kier alpha value is -2.50. The van der Waals surface area contributed by atoms with E-state index < -0.39 is 18.0 Å². The molecule has 4 rings (SSSR count). The van der Waals surface area contributed by atoms with Gasteiger partial charge in [0.15, 0.2) is 0 Å². The van der Waals surface area contributed by atoms with Gasteiger partial charge in [0.2, 0.25) is 0 Å². The van der Waals surface area contributed by atoms with Crippen LogP contribution in [0, 0.1) is 11.8 Å². The summed E-state index contributed by atoms with van der Waals surface area (Å²) in [5.41, 5.74) is 2.49. The number of hydrogen-bond acceptors (Lipinski definition) is 2. The van der Waals surface area contributed by atoms with E-state index in [1.807, 2.05) is 12.1 Å². The van der Waals surface area contributed by atoms with Gasteiger partial charge in [-0.1, -0.05) is 38.1 Å². The highest BCUT2D eigenvalue weighted by Crippen LogP contribution is 2.57. The number of aryl methyl sites for hydroxylation is 1. The SMILES string of the molecule is CC(C)C1C2C=CC1c1c(NC(=O)c3cn(C)nc3C(F)F)cccc12. The van der Waals surface area contributed by atoms with Gasteiger partial charge in [-0.05, 0) is 29.0 Å². The predicted molar refractivity (Wildman–Crippen MR) is 95.5 cm³/mol. The van der Waals surface area contributed by atoms with Gasteiger partial charge in [0, 0.05) is 30.8 Å². The number of anilines is 1. The number of aromatic nitrogens is 2. The molecule has 1 aromatic heterocycles. The number of fused-ring (bicyclic) bond motifs is 5. The first-order valence-corrected chi connectivity index (χ1v) is 8.82. The molecule has 0 saturated carbocycles. The number of nitrogens with zero attached hydrogens (tertiary/aromatic N) is 2. The lowest BCUT2D eigenvalue weighted by atomic mass is 9.84. The van der Waals surface area contributed by atoms with Gasteiger partial charge in [0.1, 0.15) is 5.69 Å². The molecular weight excluding hydrogens is 336 g/mol. The summed E-state index contributed by atoms with van der Waals surface area (Å²) in [6, 6.07) is 5.86. The van der Waals surface area contributed by atoms with Crippen molar-refractivity contribution in [2.45, 2.75) is 32.1 Å². The first-order chi connectivity index (χ1) is 12.4. The Bertz CT molecular complexity index is 900. The highest BCUT2D eigenvalue weighted by Gasteiger charge is 2.44. The Kier molecular flexibility index (Phi) is 3.93. The largest absolute Gasteiger partial charge is 0.322 e. The van der Waals surface area contributed by atoms with Crippen LogP contribution in [0.25, 0.3) is 0 Å². The van der Waals surface area contributed by atoms with Gasteiger partial charge < -0.3 is 5.32 Å². The van der Waals surface area contributed by atoms with Crippen LogP contribution in [0.3, 0.4) is 0 Å². The van der Waals surface area contributed by atoms with E-state index in [2.05, 4.69) is 42.5 Å². The van der Waals surface area contributed by atoms with Crippen molar-refractivity contribution in [2.75, 3.05) is 5.32 Å². The number of nitrogens with one attached hydrogen (secondary N) is 1. The van der Waals surface area contributed by atoms with Crippen molar-refractivity contribution in [3.05, 3.63) is 58.9 Å². The molecular formula is C20H21F2N3O. The van der Waals surface area contributed by atoms with Crippen molar-refractivity contribution in [3.8, 4) is 0 Å². The van der Waals surface area contributed by atoms with E-state index in [0.717, 1.165) is 5.56 Å². The number of halogens is 2. The average molecular weight is 357 g/mol. The van der Waals surface area contributed by atoms with E-state index in [-0.39, 0.29) is 11.5 Å². The summed E-state index contributed by atoms with van der Waals surface area (Å²) in [6.07, 6.45) is 3.01. The van der Waals surface area contributed by atoms with Gasteiger partial charge in [-0.15, -0.1) is 0 Å². The molecule has 1 N–H and O–H groups in total. The van der Waals surface area contributed by atoms with E-state index in [9.17, 15) is 13.6 Å². The van der Waals surface area contributed by atoms with Crippen LogP contribution in [0.15, 0.2) is 36.5 Å². The fraction of sp³-hybridized carbons (Fsp3) is 0.400. The lowest BCUT2D eigenvalue weighted by molar-refractivity contribution is 0.101. The molecule has 1 amide bonds. The molecule has 2 bridgehead atoms. The molecule has 136 valence electrons. The maximum absolute atomic E-state index is 13.2. The summed E-state index contributed by atoms with van der Waals surface area (Å²) in [5.74, 6) is 1.07. The Morgan fingerprint density at radius 3 is 2.65 bits per heavy atom. The summed E-state index contributed by atoms with van der Waals surface area (Å²) in [7, 11) is 1.53. The monoisotopic (exact) mass is 357 g/mol. The highest BCUT2D eigenvalue weighted by molar-refractivity contribution is 6.05. The third-order valence-corrected chi connectivity index (χ3v) is 5.51. The maximum atomic E-state index is 13.2. The minimum Gasteiger partial charge on any atom is -0.322 e. The van der Waals surface area contributed by atoms with Crippen LogP contribution >= 0.6 is 0 Å². The van der Waals surface area contributed by atoms with Crippen molar-refractivity contribution < 1.29 is 13.6 Å². The quantitative estimate of drug-likeness (QED) is 0.811. The molecule has 6 heteroatoms. The first kappa shape index (κ1) is 16.9. The van der Waals surface area contributed by atoms with Gasteiger partial charge in [0.05, 0.1) is 5.56 Å². The summed E-state index contributed by atoms with van der Waals surface area (Å²) < 4.78 is 27.6. The fourth-order valence-corrected chi connectivity index (χ4v) is 4.53. The van der Waals surface area contributed by atoms with Gasteiger partial charge in [-0.25, -0.2) is 8.78 Å². The summed E-state index contributed by atoms with van der Waals surface area (Å²) in [5, 5.41) is 6.57. The summed E-state index contributed by atoms with van der Waals surface area (Å²) >= 11 is 0. The zero-order chi connectivity index (χ0) is 18.6. The molecule has 0 aliphatic heterocycles. The van der Waals surface area contributed by atoms with Crippen LogP contribution in [-0.4, -0.2) is 15.7 Å². The van der Waals surface area contributed by atoms with E-state index in [1.165, 1.54) is 23.5 Å². The number of alkyl halides is 2. The summed E-state index contributed by atoms with van der Waals surface area (Å²) in [4.78, 5) is 12.7. The topological polar surface area (TPSA) is 46.9 Å². The van der Waals surface area contributed by atoms with Gasteiger partial charge >= 0.3 is 0 Å². The van der Waals surface area contributed by atoms with Gasteiger partial charge in [0.25, 0.3) is 12.3 Å². The second-order valence-electron chi connectivity index (χ2n) is 7.42. The maximum Gasteiger partial charge on any atom is 0.282 e. The number of allylic oxidation sites excluding steroid dienone is 2. The minimum absolute atomic E-state index is 0.0841. The number of amides is 1. The number of benzene rings is 1. The third-order valence-electron chi connectivity index (χ3n) is 5.51. The molecule has 3 unspecified atom stereocenters. The molecule has 26 heavy (non-hydrogen) atoms. The van der Waals surface area contributed by atoms with E-state index in [4.69, 9.17) is 0 Å². The zero-order valence-corrected chi connectivity index (χ0v) is 14.9. The van der Waals surface area contributed by atoms with Crippen molar-refractivity contribution in [2.24, 2.45) is 18.9 Å². The van der Waals surface area contributed by atoms with Crippen molar-refractivity contribution in [1.82, 2.24) is 9.78 Å². The molecule has 2 aliphatic rings. The van der Waals surface area contributed by atoms with E-state index in [0.29, 0.717) is 23.4 Å². The van der Waals surface area contributed by atoms with Gasteiger partial charge in [-0.3, -0.25) is 9.48 Å². The standard InChI is InChI=1S/C20H21F2N3O/c1-10(2)16-12-7-8-13(16)17-11(12)5-4-6-15(17)23-20(26)14-9-25(3)24-18(14)19(21)22/h4-10,12-13,16,19H,1-3H3,(H,23,26). The smallest absolute Gasteiger partial charge is 0.282 e. The molecule has 2 aliphatic carbocycles. The minimum atomic E-state index is -2.79. The molecule has 0 spiro atoms. The van der Waals surface area contributed by atoms with Crippen LogP contribution < -0.4 is 5.32 Å². The summed E-state index contributed by atoms with van der Waals surface area (Å²) in [6.45, 7) is 4.43. The van der Waals surface area contributed by atoms with Crippen LogP contribution in [0.2, 0.25) is 0 Å². The lowest BCUT2D eigenvalue weighted by Gasteiger charge is -2.20. The molecule has 0 radical (unpaired) electrons. The van der Waals surface area contributed by atoms with Crippen LogP contribution in [0.5, 0.6) is 0 Å². The molecule has 3 atom stereocenters.